The normalized spacial score (nSPS) is 8.10. The first-order chi connectivity index (χ1) is 9.08. The Bertz CT molecular complexity index is 176. The quantitative estimate of drug-likeness (QED) is 0.267. The summed E-state index contributed by atoms with van der Waals surface area (Å²) in [6.45, 7) is 0.486. The van der Waals surface area contributed by atoms with Crippen LogP contribution in [-0.4, -0.2) is 119 Å². The summed E-state index contributed by atoms with van der Waals surface area (Å²) in [5.74, 6) is -2.17. The first-order valence-corrected chi connectivity index (χ1v) is 5.23. The summed E-state index contributed by atoms with van der Waals surface area (Å²) in [4.78, 5) is 17.8. The van der Waals surface area contributed by atoms with Gasteiger partial charge in [0.05, 0.1) is 26.4 Å². The molecule has 0 aromatic heterocycles. The molecule has 0 aliphatic carbocycles. The third-order valence-corrected chi connectivity index (χ3v) is 0.843. The number of rotatable bonds is 4. The van der Waals surface area contributed by atoms with Crippen molar-refractivity contribution in [3.8, 4) is 0 Å². The molecule has 124 valence electrons. The maximum Gasteiger partial charge on any atom is 2.00 e. The number of carbonyl (C=O) groups is 2. The van der Waals surface area contributed by atoms with E-state index in [2.05, 4.69) is 0 Å². The summed E-state index contributed by atoms with van der Waals surface area (Å²) in [6, 6.07) is 0. The maximum absolute atomic E-state index is 8.89. The van der Waals surface area contributed by atoms with Gasteiger partial charge in [0.1, 0.15) is 12.2 Å². The minimum atomic E-state index is -1.08. The molecule has 0 heterocycles. The van der Waals surface area contributed by atoms with Crippen molar-refractivity contribution in [1.82, 2.24) is 0 Å². The Hall–Kier alpha value is -0.0403. The van der Waals surface area contributed by atoms with E-state index in [1.54, 1.807) is 0 Å². The SMILES string of the molecule is CC(=O)[O-].CC(=O)[O-].OCC(O)CO.OCC(O)CO.[Ca+2]. The number of carboxylic acids is 2. The van der Waals surface area contributed by atoms with Crippen LogP contribution in [0.2, 0.25) is 0 Å². The van der Waals surface area contributed by atoms with Gasteiger partial charge in [0.25, 0.3) is 0 Å². The molecule has 10 nitrogen and oxygen atoms in total. The van der Waals surface area contributed by atoms with Crippen molar-refractivity contribution in [1.29, 1.82) is 0 Å². The minimum absolute atomic E-state index is 0. The minimum Gasteiger partial charge on any atom is -0.550 e. The molecule has 0 saturated heterocycles. The van der Waals surface area contributed by atoms with Gasteiger partial charge in [0.2, 0.25) is 0 Å². The summed E-state index contributed by atoms with van der Waals surface area (Å²) < 4.78 is 0. The summed E-state index contributed by atoms with van der Waals surface area (Å²) in [7, 11) is 0. The Kier molecular flexibility index (Phi) is 44.0. The third-order valence-electron chi connectivity index (χ3n) is 0.843. The predicted molar refractivity (Wildman–Crippen MR) is 67.5 cm³/mol. The Morgan fingerprint density at radius 2 is 0.857 bits per heavy atom. The van der Waals surface area contributed by atoms with E-state index in [9.17, 15) is 0 Å². The molecule has 0 fully saturated rings. The maximum atomic E-state index is 8.89. The van der Waals surface area contributed by atoms with Gasteiger partial charge >= 0.3 is 37.7 Å². The molecule has 0 rings (SSSR count). The van der Waals surface area contributed by atoms with E-state index >= 15 is 0 Å². The zero-order chi connectivity index (χ0) is 17.1. The Balaban J connectivity index is -0.0000000544. The van der Waals surface area contributed by atoms with E-state index in [-0.39, 0.29) is 64.2 Å². The van der Waals surface area contributed by atoms with Crippen molar-refractivity contribution in [2.45, 2.75) is 26.1 Å². The van der Waals surface area contributed by atoms with Crippen LogP contribution in [0.4, 0.5) is 0 Å². The fraction of sp³-hybridized carbons (Fsp3) is 0.800. The monoisotopic (exact) mass is 342 g/mol. The van der Waals surface area contributed by atoms with Gasteiger partial charge in [0.15, 0.2) is 0 Å². The van der Waals surface area contributed by atoms with Crippen molar-refractivity contribution in [3.05, 3.63) is 0 Å². The molecule has 11 heteroatoms. The Morgan fingerprint density at radius 3 is 0.857 bits per heavy atom. The number of aliphatic hydroxyl groups is 6. The van der Waals surface area contributed by atoms with E-state index < -0.39 is 24.1 Å². The van der Waals surface area contributed by atoms with Crippen LogP contribution in [0, 0.1) is 0 Å². The molecule has 0 spiro atoms. The molecule has 0 amide bonds. The number of aliphatic hydroxyl groups excluding tert-OH is 6. The van der Waals surface area contributed by atoms with Gasteiger partial charge < -0.3 is 50.4 Å². The topological polar surface area (TPSA) is 202 Å². The van der Waals surface area contributed by atoms with Gasteiger partial charge in [-0.25, -0.2) is 0 Å². The van der Waals surface area contributed by atoms with E-state index in [1.807, 2.05) is 0 Å². The van der Waals surface area contributed by atoms with Crippen molar-refractivity contribution >= 4 is 49.7 Å². The second kappa shape index (κ2) is 28.2. The van der Waals surface area contributed by atoms with Crippen molar-refractivity contribution in [3.63, 3.8) is 0 Å². The van der Waals surface area contributed by atoms with Crippen LogP contribution in [0.15, 0.2) is 0 Å². The number of hydrogen-bond donors (Lipinski definition) is 6. The molecule has 21 heavy (non-hydrogen) atoms. The third kappa shape index (κ3) is 102. The Morgan fingerprint density at radius 1 is 0.762 bits per heavy atom. The molecule has 0 saturated carbocycles. The fourth-order valence-electron chi connectivity index (χ4n) is 0.115. The van der Waals surface area contributed by atoms with E-state index in [4.69, 9.17) is 50.4 Å². The molecule has 0 atom stereocenters. The summed E-state index contributed by atoms with van der Waals surface area (Å²) in [5, 5.41) is 65.8. The number of carbonyl (C=O) groups excluding carboxylic acids is 2. The molecule has 0 unspecified atom stereocenters. The molecule has 0 radical (unpaired) electrons. The number of aliphatic carboxylic acids is 2. The van der Waals surface area contributed by atoms with Crippen molar-refractivity contribution in [2.24, 2.45) is 0 Å². The molecular weight excluding hydrogens is 320 g/mol. The zero-order valence-electron chi connectivity index (χ0n) is 12.0. The second-order valence-electron chi connectivity index (χ2n) is 3.02. The van der Waals surface area contributed by atoms with Gasteiger partial charge in [-0.15, -0.1) is 0 Å². The average molecular weight is 342 g/mol. The molecule has 6 N–H and O–H groups in total. The number of carboxylic acid groups (broad SMARTS) is 2. The van der Waals surface area contributed by atoms with Gasteiger partial charge in [-0.1, -0.05) is 0 Å². The van der Waals surface area contributed by atoms with Crippen LogP contribution in [-0.2, 0) is 9.59 Å². The summed E-state index contributed by atoms with van der Waals surface area (Å²) in [6.07, 6.45) is -1.91. The smallest absolute Gasteiger partial charge is 0.550 e. The van der Waals surface area contributed by atoms with Crippen LogP contribution < -0.4 is 10.2 Å². The molecule has 0 aliphatic heterocycles. The Labute approximate surface area is 152 Å². The molecule has 0 aromatic carbocycles. The van der Waals surface area contributed by atoms with Gasteiger partial charge in [0, 0.05) is 11.9 Å². The molecule has 0 aliphatic rings. The largest absolute Gasteiger partial charge is 2.00 e. The van der Waals surface area contributed by atoms with Crippen LogP contribution >= 0.6 is 0 Å². The standard InChI is InChI=1S/2C3H8O3.2C2H4O2.Ca/c2*4-1-3(6)2-5;2*1-2(3)4;/h2*3-6H,1-2H2;2*1H3,(H,3,4);/q;;;;+2/p-2. The van der Waals surface area contributed by atoms with Gasteiger partial charge in [-0.3, -0.25) is 0 Å². The van der Waals surface area contributed by atoms with Crippen LogP contribution in [0.25, 0.3) is 0 Å². The van der Waals surface area contributed by atoms with Crippen LogP contribution in [0.5, 0.6) is 0 Å². The predicted octanol–water partition coefficient (Wildman–Crippen LogP) is -6.20. The molecule has 0 bridgehead atoms. The first kappa shape index (κ1) is 32.8. The van der Waals surface area contributed by atoms with Gasteiger partial charge in [-0.2, -0.15) is 0 Å². The van der Waals surface area contributed by atoms with E-state index in [0.29, 0.717) is 0 Å². The van der Waals surface area contributed by atoms with Crippen LogP contribution in [0.3, 0.4) is 0 Å². The number of hydrogen-bond acceptors (Lipinski definition) is 10. The summed E-state index contributed by atoms with van der Waals surface area (Å²) in [5.41, 5.74) is 0. The molecule has 0 aromatic rings. The first-order valence-electron chi connectivity index (χ1n) is 5.23. The van der Waals surface area contributed by atoms with Crippen LogP contribution in [0.1, 0.15) is 13.8 Å². The second-order valence-corrected chi connectivity index (χ2v) is 3.02. The van der Waals surface area contributed by atoms with Crippen molar-refractivity contribution in [2.75, 3.05) is 26.4 Å². The average Bonchev–Trinajstić information content (AvgIpc) is 2.36. The van der Waals surface area contributed by atoms with E-state index in [0.717, 1.165) is 13.8 Å². The fourth-order valence-corrected chi connectivity index (χ4v) is 0.115. The zero-order valence-corrected chi connectivity index (χ0v) is 14.2. The van der Waals surface area contributed by atoms with Gasteiger partial charge in [-0.05, 0) is 13.8 Å². The summed E-state index contributed by atoms with van der Waals surface area (Å²) >= 11 is 0. The van der Waals surface area contributed by atoms with E-state index in [1.165, 1.54) is 0 Å². The van der Waals surface area contributed by atoms with Crippen molar-refractivity contribution < 1.29 is 50.4 Å². The molecular formula is C10H22CaO10.